The van der Waals surface area contributed by atoms with Crippen LogP contribution in [-0.4, -0.2) is 49.7 Å². The van der Waals surface area contributed by atoms with Gasteiger partial charge in [0.25, 0.3) is 0 Å². The van der Waals surface area contributed by atoms with Crippen molar-refractivity contribution in [2.75, 3.05) is 20.8 Å². The third-order valence-electron chi connectivity index (χ3n) is 5.14. The van der Waals surface area contributed by atoms with E-state index in [-0.39, 0.29) is 23.6 Å². The molecule has 1 aliphatic rings. The third-order valence-corrected chi connectivity index (χ3v) is 5.14. The average molecular weight is 349 g/mol. The minimum absolute atomic E-state index is 0.0959. The fraction of sp³-hybridized carbons (Fsp3) is 0.650. The molecule has 1 aromatic carbocycles. The summed E-state index contributed by atoms with van der Waals surface area (Å²) in [6.45, 7) is 8.31. The summed E-state index contributed by atoms with van der Waals surface area (Å²) in [4.78, 5) is 14.3. The van der Waals surface area contributed by atoms with Crippen LogP contribution in [0.2, 0.25) is 0 Å². The predicted octanol–water partition coefficient (Wildman–Crippen LogP) is 3.96. The van der Waals surface area contributed by atoms with Gasteiger partial charge in [0.1, 0.15) is 6.61 Å². The van der Waals surface area contributed by atoms with Gasteiger partial charge >= 0.3 is 6.09 Å². The van der Waals surface area contributed by atoms with E-state index in [1.54, 1.807) is 19.1 Å². The first-order chi connectivity index (χ1) is 11.8. The van der Waals surface area contributed by atoms with E-state index in [9.17, 15) is 4.79 Å². The maximum Gasteiger partial charge on any atom is 0.410 e. The van der Waals surface area contributed by atoms with Crippen molar-refractivity contribution >= 4 is 6.09 Å². The van der Waals surface area contributed by atoms with Gasteiger partial charge in [-0.25, -0.2) is 4.79 Å². The molecule has 1 saturated carbocycles. The summed E-state index contributed by atoms with van der Waals surface area (Å²) in [5.74, 6) is -0.599. The summed E-state index contributed by atoms with van der Waals surface area (Å²) in [6, 6.07) is 10.3. The zero-order valence-electron chi connectivity index (χ0n) is 16.2. The first-order valence-corrected chi connectivity index (χ1v) is 8.90. The van der Waals surface area contributed by atoms with E-state index < -0.39 is 5.79 Å². The van der Waals surface area contributed by atoms with E-state index in [1.807, 2.05) is 45.9 Å². The molecule has 1 aliphatic carbocycles. The van der Waals surface area contributed by atoms with Crippen LogP contribution in [0.5, 0.6) is 0 Å². The van der Waals surface area contributed by atoms with Crippen molar-refractivity contribution in [3.05, 3.63) is 35.9 Å². The zero-order valence-corrected chi connectivity index (χ0v) is 16.2. The molecule has 1 fully saturated rings. The average Bonchev–Trinajstić information content (AvgIpc) is 2.55. The molecule has 0 N–H and O–H groups in total. The first-order valence-electron chi connectivity index (χ1n) is 8.90. The van der Waals surface area contributed by atoms with E-state index in [0.29, 0.717) is 19.4 Å². The van der Waals surface area contributed by atoms with Crippen LogP contribution < -0.4 is 0 Å². The fourth-order valence-corrected chi connectivity index (χ4v) is 3.82. The van der Waals surface area contributed by atoms with E-state index in [2.05, 4.69) is 12.1 Å². The molecule has 0 aliphatic heterocycles. The third kappa shape index (κ3) is 3.98. The number of benzene rings is 1. The largest absolute Gasteiger partial charge is 0.448 e. The highest BCUT2D eigenvalue weighted by molar-refractivity contribution is 5.68. The van der Waals surface area contributed by atoms with E-state index in [1.165, 1.54) is 0 Å². The van der Waals surface area contributed by atoms with Crippen LogP contribution in [0, 0.1) is 0 Å². The summed E-state index contributed by atoms with van der Waals surface area (Å²) in [5.41, 5.74) is 0.871. The van der Waals surface area contributed by atoms with Crippen LogP contribution in [0.4, 0.5) is 4.79 Å². The summed E-state index contributed by atoms with van der Waals surface area (Å²) < 4.78 is 16.9. The second kappa shape index (κ2) is 7.75. The van der Waals surface area contributed by atoms with Crippen molar-refractivity contribution in [3.8, 4) is 0 Å². The number of ether oxygens (including phenoxy) is 3. The highest BCUT2D eigenvalue weighted by atomic mass is 16.7. The summed E-state index contributed by atoms with van der Waals surface area (Å²) >= 11 is 0. The molecular weight excluding hydrogens is 318 g/mol. The molecule has 0 aromatic heterocycles. The Morgan fingerprint density at radius 3 is 2.00 bits per heavy atom. The molecule has 0 atom stereocenters. The van der Waals surface area contributed by atoms with Gasteiger partial charge in [-0.05, 0) is 33.3 Å². The number of carbonyl (C=O) groups excluding carboxylic acids is 1. The lowest BCUT2D eigenvalue weighted by atomic mass is 9.61. The van der Waals surface area contributed by atoms with Crippen LogP contribution in [-0.2, 0) is 19.6 Å². The van der Waals surface area contributed by atoms with Crippen LogP contribution in [0.15, 0.2) is 30.3 Å². The Hall–Kier alpha value is -1.59. The Labute approximate surface area is 151 Å². The number of hydrogen-bond donors (Lipinski definition) is 0. The highest BCUT2D eigenvalue weighted by Gasteiger charge is 2.57. The predicted molar refractivity (Wildman–Crippen MR) is 97.6 cm³/mol. The van der Waals surface area contributed by atoms with E-state index in [4.69, 9.17) is 14.2 Å². The first kappa shape index (κ1) is 19.7. The van der Waals surface area contributed by atoms with E-state index >= 15 is 0 Å². The molecule has 0 heterocycles. The molecule has 25 heavy (non-hydrogen) atoms. The molecule has 0 spiro atoms. The Morgan fingerprint density at radius 2 is 1.56 bits per heavy atom. The smallest absolute Gasteiger partial charge is 0.410 e. The van der Waals surface area contributed by atoms with Crippen LogP contribution in [0.25, 0.3) is 0 Å². The maximum absolute atomic E-state index is 12.6. The quantitative estimate of drug-likeness (QED) is 0.699. The summed E-state index contributed by atoms with van der Waals surface area (Å²) in [7, 11) is 3.31. The van der Waals surface area contributed by atoms with Crippen molar-refractivity contribution < 1.29 is 19.0 Å². The van der Waals surface area contributed by atoms with Gasteiger partial charge < -0.3 is 19.1 Å². The van der Waals surface area contributed by atoms with Gasteiger partial charge in [-0.15, -0.1) is 0 Å². The monoisotopic (exact) mass is 349 g/mol. The lowest BCUT2D eigenvalue weighted by Crippen LogP contribution is -2.59. The van der Waals surface area contributed by atoms with Gasteiger partial charge in [0.05, 0.1) is 0 Å². The second-order valence-corrected chi connectivity index (χ2v) is 7.47. The molecular formula is C20H31NO4. The van der Waals surface area contributed by atoms with Gasteiger partial charge in [-0.1, -0.05) is 30.3 Å². The molecule has 0 unspecified atom stereocenters. The Balaban J connectivity index is 2.15. The van der Waals surface area contributed by atoms with Gasteiger partial charge in [-0.3, -0.25) is 0 Å². The van der Waals surface area contributed by atoms with Crippen molar-refractivity contribution in [1.82, 2.24) is 4.90 Å². The standard InChI is InChI=1S/C20H31NO4/c1-15(2)21(16(3)4)18(22)25-14-19(17-10-8-7-9-11-17)12-20(13-19,23-5)24-6/h7-11,15-16H,12-14H2,1-6H3. The number of rotatable bonds is 7. The molecule has 5 heteroatoms. The molecule has 140 valence electrons. The fourth-order valence-electron chi connectivity index (χ4n) is 3.82. The molecule has 1 amide bonds. The number of nitrogens with zero attached hydrogens (tertiary/aromatic N) is 1. The Bertz CT molecular complexity index is 550. The molecule has 0 radical (unpaired) electrons. The molecule has 0 bridgehead atoms. The van der Waals surface area contributed by atoms with E-state index in [0.717, 1.165) is 5.56 Å². The topological polar surface area (TPSA) is 48.0 Å². The van der Waals surface area contributed by atoms with Crippen molar-refractivity contribution in [1.29, 1.82) is 0 Å². The lowest BCUT2D eigenvalue weighted by molar-refractivity contribution is -0.282. The van der Waals surface area contributed by atoms with Gasteiger partial charge in [0, 0.05) is 44.6 Å². The maximum atomic E-state index is 12.6. The van der Waals surface area contributed by atoms with Crippen molar-refractivity contribution in [3.63, 3.8) is 0 Å². The van der Waals surface area contributed by atoms with Crippen LogP contribution in [0.3, 0.4) is 0 Å². The van der Waals surface area contributed by atoms with Gasteiger partial charge in [0.2, 0.25) is 0 Å². The Kier molecular flexibility index (Phi) is 6.12. The zero-order chi connectivity index (χ0) is 18.7. The van der Waals surface area contributed by atoms with Crippen molar-refractivity contribution in [2.45, 2.75) is 63.8 Å². The SMILES string of the molecule is COC1(OC)CC(COC(=O)N(C(C)C)C(C)C)(c2ccccc2)C1. The lowest BCUT2D eigenvalue weighted by Gasteiger charge is -2.54. The molecule has 5 nitrogen and oxygen atoms in total. The highest BCUT2D eigenvalue weighted by Crippen LogP contribution is 2.52. The number of methoxy groups -OCH3 is 2. The molecule has 2 rings (SSSR count). The number of carbonyl (C=O) groups is 1. The summed E-state index contributed by atoms with van der Waals surface area (Å²) in [5, 5.41) is 0. The summed E-state index contributed by atoms with van der Waals surface area (Å²) in [6.07, 6.45) is 1.05. The molecule has 1 aromatic rings. The Morgan fingerprint density at radius 1 is 1.04 bits per heavy atom. The second-order valence-electron chi connectivity index (χ2n) is 7.47. The van der Waals surface area contributed by atoms with Gasteiger partial charge in [0.15, 0.2) is 5.79 Å². The number of hydrogen-bond acceptors (Lipinski definition) is 4. The molecule has 0 saturated heterocycles. The number of amides is 1. The van der Waals surface area contributed by atoms with Gasteiger partial charge in [-0.2, -0.15) is 0 Å². The minimum Gasteiger partial charge on any atom is -0.448 e. The minimum atomic E-state index is -0.599. The normalized spacial score (nSPS) is 18.1. The van der Waals surface area contributed by atoms with Crippen LogP contribution >= 0.6 is 0 Å². The van der Waals surface area contributed by atoms with Crippen LogP contribution in [0.1, 0.15) is 46.1 Å². The van der Waals surface area contributed by atoms with Crippen molar-refractivity contribution in [2.24, 2.45) is 0 Å².